The summed E-state index contributed by atoms with van der Waals surface area (Å²) < 4.78 is 46.1. The Bertz CT molecular complexity index is 1590. The molecule has 0 radical (unpaired) electrons. The summed E-state index contributed by atoms with van der Waals surface area (Å²) in [5.41, 5.74) is 0.228. The van der Waals surface area contributed by atoms with Gasteiger partial charge in [0.25, 0.3) is 5.56 Å². The molecule has 1 aromatic carbocycles. The van der Waals surface area contributed by atoms with Gasteiger partial charge in [-0.15, -0.1) is 10.2 Å². The van der Waals surface area contributed by atoms with Crippen LogP contribution in [0.15, 0.2) is 47.7 Å². The third-order valence-corrected chi connectivity index (χ3v) is 8.96. The third kappa shape index (κ3) is 4.56. The minimum absolute atomic E-state index is 0.0157. The highest BCUT2D eigenvalue weighted by Crippen LogP contribution is 2.53. The molecule has 0 amide bonds. The van der Waals surface area contributed by atoms with E-state index in [1.54, 1.807) is 12.4 Å². The van der Waals surface area contributed by atoms with E-state index in [2.05, 4.69) is 33.9 Å². The number of nitrogens with one attached hydrogen (secondary N) is 1. The molecule has 2 aliphatic rings. The van der Waals surface area contributed by atoms with Gasteiger partial charge in [0.15, 0.2) is 0 Å². The van der Waals surface area contributed by atoms with Crippen molar-refractivity contribution in [1.29, 1.82) is 0 Å². The summed E-state index contributed by atoms with van der Waals surface area (Å²) in [6.45, 7) is 6.63. The Hall–Kier alpha value is -3.40. The molecule has 1 saturated heterocycles. The van der Waals surface area contributed by atoms with Crippen molar-refractivity contribution in [2.75, 3.05) is 13.1 Å². The Labute approximate surface area is 231 Å². The van der Waals surface area contributed by atoms with Gasteiger partial charge in [0, 0.05) is 43.1 Å². The van der Waals surface area contributed by atoms with Crippen molar-refractivity contribution >= 4 is 10.9 Å². The summed E-state index contributed by atoms with van der Waals surface area (Å²) in [5, 5.41) is 8.41. The molecular weight excluding hydrogens is 517 g/mol. The minimum Gasteiger partial charge on any atom is -0.353 e. The van der Waals surface area contributed by atoms with Crippen LogP contribution in [0.2, 0.25) is 0 Å². The van der Waals surface area contributed by atoms with Crippen LogP contribution in [0.1, 0.15) is 68.6 Å². The largest absolute Gasteiger partial charge is 0.418 e. The lowest BCUT2D eigenvalue weighted by Gasteiger charge is -2.47. The maximum atomic E-state index is 14.4. The van der Waals surface area contributed by atoms with E-state index in [4.69, 9.17) is 0 Å². The highest BCUT2D eigenvalue weighted by Gasteiger charge is 2.49. The average Bonchev–Trinajstić information content (AvgIpc) is 3.50. The number of pyridine rings is 1. The van der Waals surface area contributed by atoms with E-state index in [9.17, 15) is 18.0 Å². The van der Waals surface area contributed by atoms with E-state index in [1.165, 1.54) is 6.07 Å². The molecule has 0 spiro atoms. The quantitative estimate of drug-likeness (QED) is 0.328. The summed E-state index contributed by atoms with van der Waals surface area (Å²) in [7, 11) is 1.90. The van der Waals surface area contributed by atoms with Gasteiger partial charge in [-0.1, -0.05) is 32.4 Å². The Kier molecular flexibility index (Phi) is 6.64. The molecule has 6 rings (SSSR count). The van der Waals surface area contributed by atoms with Crippen LogP contribution in [0.25, 0.3) is 16.6 Å². The molecule has 1 atom stereocenters. The van der Waals surface area contributed by atoms with Gasteiger partial charge in [-0.3, -0.25) is 14.3 Å². The van der Waals surface area contributed by atoms with Crippen LogP contribution in [0.3, 0.4) is 0 Å². The highest BCUT2D eigenvalue weighted by atomic mass is 19.4. The molecule has 212 valence electrons. The van der Waals surface area contributed by atoms with Crippen molar-refractivity contribution < 1.29 is 13.2 Å². The fourth-order valence-corrected chi connectivity index (χ4v) is 6.88. The number of likely N-dealkylation sites (tertiary alicyclic amines) is 1. The maximum Gasteiger partial charge on any atom is 0.418 e. The standard InChI is InChI=1S/C30H35F3N6O/c1-4-20-13-29(14-20,28-36-34-18-37(28)3)21-8-5-9-23(11-21)39-17-25(30(31,32)33)24-12-22(35-26(24)27(39)40)16-38-10-6-7-19(2)15-38/h5,8-9,11-12,17-20,35H,4,6-7,10,13-16H2,1-3H3/t19-,20?,29?/m0/s1. The predicted octanol–water partition coefficient (Wildman–Crippen LogP) is 5.80. The van der Waals surface area contributed by atoms with Crippen LogP contribution in [0.5, 0.6) is 0 Å². The molecule has 4 aromatic rings. The lowest BCUT2D eigenvalue weighted by molar-refractivity contribution is -0.136. The van der Waals surface area contributed by atoms with Gasteiger partial charge in [0.2, 0.25) is 0 Å². The second kappa shape index (κ2) is 9.90. The highest BCUT2D eigenvalue weighted by molar-refractivity contribution is 5.84. The normalized spacial score (nSPS) is 23.9. The van der Waals surface area contributed by atoms with Crippen LogP contribution < -0.4 is 5.56 Å². The van der Waals surface area contributed by atoms with Crippen molar-refractivity contribution in [1.82, 2.24) is 29.2 Å². The van der Waals surface area contributed by atoms with Gasteiger partial charge in [0.05, 0.1) is 11.0 Å². The number of halogens is 3. The number of piperidine rings is 1. The van der Waals surface area contributed by atoms with E-state index in [1.807, 2.05) is 29.8 Å². The number of aryl methyl sites for hydroxylation is 1. The van der Waals surface area contributed by atoms with E-state index in [0.717, 1.165) is 67.3 Å². The van der Waals surface area contributed by atoms with Crippen molar-refractivity contribution in [2.45, 2.75) is 64.1 Å². The number of nitrogens with zero attached hydrogens (tertiary/aromatic N) is 5. The molecule has 40 heavy (non-hydrogen) atoms. The monoisotopic (exact) mass is 552 g/mol. The van der Waals surface area contributed by atoms with E-state index < -0.39 is 22.7 Å². The molecule has 2 fully saturated rings. The zero-order valence-electron chi connectivity index (χ0n) is 23.1. The van der Waals surface area contributed by atoms with E-state index in [-0.39, 0.29) is 10.9 Å². The third-order valence-electron chi connectivity index (χ3n) is 8.96. The maximum absolute atomic E-state index is 14.4. The Balaban J connectivity index is 1.44. The smallest absolute Gasteiger partial charge is 0.353 e. The molecule has 0 unspecified atom stereocenters. The minimum atomic E-state index is -4.62. The molecule has 10 heteroatoms. The molecule has 1 saturated carbocycles. The second-order valence-corrected chi connectivity index (χ2v) is 11.9. The predicted molar refractivity (Wildman–Crippen MR) is 147 cm³/mol. The molecule has 4 heterocycles. The van der Waals surface area contributed by atoms with Gasteiger partial charge in [-0.25, -0.2) is 0 Å². The number of benzene rings is 1. The summed E-state index contributed by atoms with van der Waals surface area (Å²) in [6, 6.07) is 8.82. The zero-order valence-corrected chi connectivity index (χ0v) is 23.1. The van der Waals surface area contributed by atoms with E-state index >= 15 is 0 Å². The van der Waals surface area contributed by atoms with Crippen LogP contribution in [-0.4, -0.2) is 42.3 Å². The van der Waals surface area contributed by atoms with Crippen LogP contribution in [-0.2, 0) is 25.2 Å². The zero-order chi connectivity index (χ0) is 28.2. The van der Waals surface area contributed by atoms with Crippen molar-refractivity contribution in [3.63, 3.8) is 0 Å². The molecular formula is C30H35F3N6O. The fourth-order valence-electron chi connectivity index (χ4n) is 6.88. The molecule has 1 N–H and O–H groups in total. The van der Waals surface area contributed by atoms with Crippen molar-refractivity contribution in [3.05, 3.63) is 75.9 Å². The number of hydrogen-bond acceptors (Lipinski definition) is 4. The molecule has 7 nitrogen and oxygen atoms in total. The number of fused-ring (bicyclic) bond motifs is 1. The Morgan fingerprint density at radius 3 is 2.67 bits per heavy atom. The van der Waals surface area contributed by atoms with Gasteiger partial charge < -0.3 is 9.55 Å². The number of alkyl halides is 3. The Morgan fingerprint density at radius 2 is 2.00 bits per heavy atom. The number of aromatic amines is 1. The topological polar surface area (TPSA) is 71.7 Å². The first-order chi connectivity index (χ1) is 19.1. The number of aromatic nitrogens is 5. The average molecular weight is 553 g/mol. The van der Waals surface area contributed by atoms with Gasteiger partial charge in [0.1, 0.15) is 17.7 Å². The SMILES string of the molecule is CCC1CC(c2cccc(-n3cc(C(F)(F)F)c4cc(CN5CCC[C@H](C)C5)[nH]c4c3=O)c2)(c2nncn2C)C1. The molecule has 1 aliphatic carbocycles. The van der Waals surface area contributed by atoms with E-state index in [0.29, 0.717) is 29.8 Å². The number of hydrogen-bond donors (Lipinski definition) is 1. The summed E-state index contributed by atoms with van der Waals surface area (Å²) in [5.74, 6) is 1.90. The van der Waals surface area contributed by atoms with Crippen molar-refractivity contribution in [2.24, 2.45) is 18.9 Å². The van der Waals surface area contributed by atoms with Gasteiger partial charge in [-0.05, 0) is 67.8 Å². The first kappa shape index (κ1) is 26.8. The molecule has 3 aromatic heterocycles. The summed E-state index contributed by atoms with van der Waals surface area (Å²) >= 11 is 0. The number of H-pyrrole nitrogens is 1. The molecule has 0 bridgehead atoms. The van der Waals surface area contributed by atoms with Crippen LogP contribution >= 0.6 is 0 Å². The van der Waals surface area contributed by atoms with Crippen LogP contribution in [0.4, 0.5) is 13.2 Å². The Morgan fingerprint density at radius 1 is 1.20 bits per heavy atom. The lowest BCUT2D eigenvalue weighted by Crippen LogP contribution is -2.44. The van der Waals surface area contributed by atoms with Crippen molar-refractivity contribution in [3.8, 4) is 5.69 Å². The summed E-state index contributed by atoms with van der Waals surface area (Å²) in [6.07, 6.45) is 3.00. The number of rotatable bonds is 6. The van der Waals surface area contributed by atoms with Gasteiger partial charge in [-0.2, -0.15) is 13.2 Å². The molecule has 1 aliphatic heterocycles. The lowest BCUT2D eigenvalue weighted by atomic mass is 9.57. The summed E-state index contributed by atoms with van der Waals surface area (Å²) in [4.78, 5) is 19.0. The first-order valence-electron chi connectivity index (χ1n) is 14.1. The van der Waals surface area contributed by atoms with Gasteiger partial charge >= 0.3 is 6.18 Å². The first-order valence-corrected chi connectivity index (χ1v) is 14.1. The second-order valence-electron chi connectivity index (χ2n) is 11.9. The van der Waals surface area contributed by atoms with Crippen LogP contribution in [0, 0.1) is 11.8 Å². The fraction of sp³-hybridized carbons (Fsp3) is 0.500.